The molecule has 1 atom stereocenters. The molecule has 0 fully saturated rings. The first-order chi connectivity index (χ1) is 13.3. The van der Waals surface area contributed by atoms with Crippen LogP contribution in [0.4, 0.5) is 0 Å². The number of hydrogen-bond acceptors (Lipinski definition) is 1. The molecule has 0 spiro atoms. The molecule has 0 N–H and O–H groups in total. The topological polar surface area (TPSA) is 20.3 Å². The van der Waals surface area contributed by atoms with E-state index in [4.69, 9.17) is 0 Å². The van der Waals surface area contributed by atoms with Crippen LogP contribution in [-0.4, -0.2) is 26.0 Å². The van der Waals surface area contributed by atoms with Gasteiger partial charge in [-0.2, -0.15) is 0 Å². The van der Waals surface area contributed by atoms with Crippen molar-refractivity contribution in [2.45, 2.75) is 32.4 Å². The maximum absolute atomic E-state index is 13.2. The number of nitrogens with zero attached hydrogens (tertiary/aromatic N) is 1. The predicted octanol–water partition coefficient (Wildman–Crippen LogP) is 5.81. The Bertz CT molecular complexity index is 1040. The van der Waals surface area contributed by atoms with E-state index in [0.29, 0.717) is 6.04 Å². The van der Waals surface area contributed by atoms with Crippen molar-refractivity contribution < 1.29 is 4.46 Å². The first kappa shape index (κ1) is 18.8. The second-order valence-electron chi connectivity index (χ2n) is 8.69. The Balaban J connectivity index is 1.83. The molecule has 3 heteroatoms. The standard InChI is InChI=1S/C25H27NOSi/c1-17-19-10-6-8-12-21(19)23-15-14-18(16-28(27)26(5)25(2,3)4)24(23)22-13-9-7-11-20(17)22/h6-15,18H,1,16H2,2-5H3. The fourth-order valence-corrected chi connectivity index (χ4v) is 5.89. The Morgan fingerprint density at radius 2 is 1.50 bits per heavy atom. The summed E-state index contributed by atoms with van der Waals surface area (Å²) in [4.78, 5) is 0. The van der Waals surface area contributed by atoms with Crippen LogP contribution in [0.5, 0.6) is 0 Å². The number of allylic oxidation sites excluding steroid dienone is 4. The largest absolute Gasteiger partial charge is 0.395 e. The maximum Gasteiger partial charge on any atom is 0.395 e. The van der Waals surface area contributed by atoms with E-state index >= 15 is 0 Å². The third-order valence-corrected chi connectivity index (χ3v) is 8.22. The van der Waals surface area contributed by atoms with E-state index < -0.39 is 8.84 Å². The van der Waals surface area contributed by atoms with Crippen molar-refractivity contribution in [1.82, 2.24) is 4.57 Å². The molecule has 0 saturated carbocycles. The average Bonchev–Trinajstić information content (AvgIpc) is 3.04. The molecule has 1 unspecified atom stereocenters. The highest BCUT2D eigenvalue weighted by atomic mass is 28.3. The second kappa shape index (κ2) is 6.82. The monoisotopic (exact) mass is 385 g/mol. The molecule has 2 aliphatic rings. The molecule has 2 nitrogen and oxygen atoms in total. The minimum absolute atomic E-state index is 0.0994. The zero-order valence-corrected chi connectivity index (χ0v) is 18.1. The van der Waals surface area contributed by atoms with E-state index in [-0.39, 0.29) is 11.5 Å². The van der Waals surface area contributed by atoms with Gasteiger partial charge in [0.15, 0.2) is 0 Å². The van der Waals surface area contributed by atoms with Gasteiger partial charge in [0.1, 0.15) is 0 Å². The van der Waals surface area contributed by atoms with Crippen LogP contribution in [0.25, 0.3) is 16.7 Å². The Morgan fingerprint density at radius 1 is 0.964 bits per heavy atom. The molecule has 0 aromatic heterocycles. The highest BCUT2D eigenvalue weighted by molar-refractivity contribution is 6.40. The molecule has 0 bridgehead atoms. The normalized spacial score (nSPS) is 17.7. The van der Waals surface area contributed by atoms with Crippen LogP contribution in [0.1, 0.15) is 43.0 Å². The summed E-state index contributed by atoms with van der Waals surface area (Å²) in [5.74, 6) is 0.159. The van der Waals surface area contributed by atoms with Gasteiger partial charge in [0, 0.05) is 24.5 Å². The van der Waals surface area contributed by atoms with Gasteiger partial charge in [0.2, 0.25) is 0 Å². The van der Waals surface area contributed by atoms with E-state index in [2.05, 4.69) is 88.0 Å². The molecule has 142 valence electrons. The number of fused-ring (bicyclic) bond motifs is 4. The van der Waals surface area contributed by atoms with Gasteiger partial charge >= 0.3 is 8.84 Å². The average molecular weight is 386 g/mol. The van der Waals surface area contributed by atoms with E-state index in [1.165, 1.54) is 33.4 Å². The predicted molar refractivity (Wildman–Crippen MR) is 119 cm³/mol. The number of benzene rings is 2. The van der Waals surface area contributed by atoms with Crippen LogP contribution >= 0.6 is 0 Å². The van der Waals surface area contributed by atoms with Crippen molar-refractivity contribution in [2.24, 2.45) is 5.92 Å². The van der Waals surface area contributed by atoms with Crippen LogP contribution in [0.3, 0.4) is 0 Å². The summed E-state index contributed by atoms with van der Waals surface area (Å²) >= 11 is 0. The van der Waals surface area contributed by atoms with Gasteiger partial charge in [0.25, 0.3) is 0 Å². The lowest BCUT2D eigenvalue weighted by molar-refractivity contribution is 0.273. The Kier molecular flexibility index (Phi) is 4.58. The van der Waals surface area contributed by atoms with Crippen LogP contribution in [0.15, 0.2) is 67.3 Å². The summed E-state index contributed by atoms with van der Waals surface area (Å²) in [6.45, 7) is 10.8. The van der Waals surface area contributed by atoms with Crippen molar-refractivity contribution in [1.29, 1.82) is 0 Å². The lowest BCUT2D eigenvalue weighted by Gasteiger charge is -2.33. The van der Waals surface area contributed by atoms with Crippen molar-refractivity contribution in [3.05, 3.63) is 89.5 Å². The zero-order valence-electron chi connectivity index (χ0n) is 17.1. The molecular weight excluding hydrogens is 358 g/mol. The zero-order chi connectivity index (χ0) is 20.1. The fourth-order valence-electron chi connectivity index (χ4n) is 4.15. The molecular formula is C25H27NOSi. The molecule has 2 aromatic carbocycles. The lowest BCUT2D eigenvalue weighted by atomic mass is 9.90. The second-order valence-corrected chi connectivity index (χ2v) is 10.6. The quantitative estimate of drug-likeness (QED) is 0.622. The minimum atomic E-state index is -1.89. The molecule has 2 aromatic rings. The van der Waals surface area contributed by atoms with Crippen LogP contribution in [0.2, 0.25) is 6.04 Å². The first-order valence-electron chi connectivity index (χ1n) is 9.86. The summed E-state index contributed by atoms with van der Waals surface area (Å²) in [6.07, 6.45) is 4.46. The van der Waals surface area contributed by atoms with Gasteiger partial charge in [-0.3, -0.25) is 0 Å². The molecule has 0 heterocycles. The van der Waals surface area contributed by atoms with Crippen molar-refractivity contribution in [2.75, 3.05) is 7.05 Å². The summed E-state index contributed by atoms with van der Waals surface area (Å²) in [5, 5.41) is 0. The van der Waals surface area contributed by atoms with Gasteiger partial charge < -0.3 is 9.03 Å². The highest BCUT2D eigenvalue weighted by Crippen LogP contribution is 2.48. The molecule has 28 heavy (non-hydrogen) atoms. The molecule has 0 radical (unpaired) electrons. The third-order valence-electron chi connectivity index (χ3n) is 6.02. The van der Waals surface area contributed by atoms with E-state index in [0.717, 1.165) is 5.57 Å². The van der Waals surface area contributed by atoms with Gasteiger partial charge in [-0.15, -0.1) is 0 Å². The van der Waals surface area contributed by atoms with E-state index in [1.54, 1.807) is 0 Å². The molecule has 0 amide bonds. The van der Waals surface area contributed by atoms with Gasteiger partial charge in [-0.25, -0.2) is 0 Å². The van der Waals surface area contributed by atoms with Crippen molar-refractivity contribution in [3.63, 3.8) is 0 Å². The van der Waals surface area contributed by atoms with Crippen LogP contribution < -0.4 is 0 Å². The lowest BCUT2D eigenvalue weighted by Crippen LogP contribution is -2.44. The Morgan fingerprint density at radius 3 is 2.11 bits per heavy atom. The minimum Gasteiger partial charge on any atom is -0.375 e. The SMILES string of the molecule is C=C1c2ccccc2C2=C(c3ccccc31)C(C[Si](=O)N(C)C(C)(C)C)C=C2. The summed E-state index contributed by atoms with van der Waals surface area (Å²) in [5.41, 5.74) is 8.32. The summed E-state index contributed by atoms with van der Waals surface area (Å²) < 4.78 is 15.2. The van der Waals surface area contributed by atoms with Crippen LogP contribution in [-0.2, 0) is 4.46 Å². The third kappa shape index (κ3) is 3.04. The van der Waals surface area contributed by atoms with E-state index in [1.807, 2.05) is 11.6 Å². The number of rotatable bonds is 3. The summed E-state index contributed by atoms with van der Waals surface area (Å²) in [6, 6.07) is 17.7. The van der Waals surface area contributed by atoms with E-state index in [9.17, 15) is 4.46 Å². The van der Waals surface area contributed by atoms with Crippen molar-refractivity contribution >= 4 is 25.6 Å². The molecule has 4 rings (SSSR count). The maximum atomic E-state index is 13.2. The number of hydrogen-bond donors (Lipinski definition) is 0. The summed E-state index contributed by atoms with van der Waals surface area (Å²) in [7, 11) is 0.0943. The Hall–Kier alpha value is -2.52. The smallest absolute Gasteiger partial charge is 0.375 e. The highest BCUT2D eigenvalue weighted by Gasteiger charge is 2.33. The molecule has 2 aliphatic carbocycles. The first-order valence-corrected chi connectivity index (χ1v) is 11.4. The molecule has 0 aliphatic heterocycles. The fraction of sp³-hybridized carbons (Fsp3) is 0.280. The van der Waals surface area contributed by atoms with Crippen LogP contribution in [0, 0.1) is 5.92 Å². The van der Waals surface area contributed by atoms with Gasteiger partial charge in [-0.1, -0.05) is 67.3 Å². The molecule has 0 saturated heterocycles. The Labute approximate surface area is 169 Å². The van der Waals surface area contributed by atoms with Crippen molar-refractivity contribution in [3.8, 4) is 0 Å². The van der Waals surface area contributed by atoms with Gasteiger partial charge in [0.05, 0.1) is 0 Å². The van der Waals surface area contributed by atoms with Gasteiger partial charge in [-0.05, 0) is 59.7 Å².